The first-order valence-electron chi connectivity index (χ1n) is 10.5. The highest BCUT2D eigenvalue weighted by molar-refractivity contribution is 5.92. The van der Waals surface area contributed by atoms with Crippen LogP contribution in [0.1, 0.15) is 35.6 Å². The van der Waals surface area contributed by atoms with Crippen molar-refractivity contribution in [2.24, 2.45) is 0 Å². The number of carbonyl (C=O) groups is 1. The van der Waals surface area contributed by atoms with Gasteiger partial charge >= 0.3 is 12.1 Å². The highest BCUT2D eigenvalue weighted by Gasteiger charge is 2.38. The van der Waals surface area contributed by atoms with Gasteiger partial charge in [-0.15, -0.1) is 0 Å². The van der Waals surface area contributed by atoms with Gasteiger partial charge in [0.25, 0.3) is 0 Å². The van der Waals surface area contributed by atoms with E-state index in [-0.39, 0.29) is 0 Å². The maximum Gasteiger partial charge on any atom is 0.490 e. The number of aromatic amines is 1. The molecule has 0 atom stereocenters. The highest BCUT2D eigenvalue weighted by atomic mass is 19.4. The molecule has 0 radical (unpaired) electrons. The van der Waals surface area contributed by atoms with Gasteiger partial charge in [-0.05, 0) is 68.1 Å². The van der Waals surface area contributed by atoms with E-state index in [1.807, 2.05) is 13.1 Å². The van der Waals surface area contributed by atoms with Gasteiger partial charge in [0.2, 0.25) is 0 Å². The molecule has 5 rings (SSSR count). The predicted molar refractivity (Wildman–Crippen MR) is 114 cm³/mol. The Morgan fingerprint density at radius 1 is 1.22 bits per heavy atom. The van der Waals surface area contributed by atoms with Gasteiger partial charge in [-0.1, -0.05) is 6.07 Å². The third kappa shape index (κ3) is 4.57. The molecule has 0 unspecified atom stereocenters. The lowest BCUT2D eigenvalue weighted by atomic mass is 9.89. The normalized spacial score (nSPS) is 16.2. The van der Waals surface area contributed by atoms with E-state index in [1.54, 1.807) is 0 Å². The van der Waals surface area contributed by atoms with Crippen molar-refractivity contribution in [3.8, 4) is 17.0 Å². The Kier molecular flexibility index (Phi) is 6.10. The number of fused-ring (bicyclic) bond motifs is 5. The van der Waals surface area contributed by atoms with E-state index in [4.69, 9.17) is 14.6 Å². The molecule has 1 aromatic carbocycles. The fourth-order valence-corrected chi connectivity index (χ4v) is 4.28. The monoisotopic (exact) mass is 447 g/mol. The fraction of sp³-hybridized carbons (Fsp3) is 0.391. The van der Waals surface area contributed by atoms with Gasteiger partial charge in [0.15, 0.2) is 0 Å². The van der Waals surface area contributed by atoms with E-state index in [0.29, 0.717) is 12.5 Å². The zero-order valence-corrected chi connectivity index (χ0v) is 17.6. The minimum Gasteiger partial charge on any atom is -0.491 e. The van der Waals surface area contributed by atoms with Crippen LogP contribution in [0, 0.1) is 6.92 Å². The van der Waals surface area contributed by atoms with Crippen molar-refractivity contribution in [2.45, 2.75) is 38.3 Å². The maximum absolute atomic E-state index is 10.6. The van der Waals surface area contributed by atoms with E-state index >= 15 is 0 Å². The van der Waals surface area contributed by atoms with Gasteiger partial charge in [-0.3, -0.25) is 4.98 Å². The van der Waals surface area contributed by atoms with Crippen molar-refractivity contribution >= 4 is 16.9 Å². The SMILES string of the molecule is Cc1cc2c(cn1)OCCc1c-2[nH]c2ccc(C3CCNCC3)cc12.O=C(O)C(F)(F)F. The van der Waals surface area contributed by atoms with Crippen molar-refractivity contribution in [2.75, 3.05) is 19.7 Å². The topological polar surface area (TPSA) is 87.2 Å². The van der Waals surface area contributed by atoms with Crippen molar-refractivity contribution < 1.29 is 27.8 Å². The molecule has 2 aliphatic rings. The van der Waals surface area contributed by atoms with Gasteiger partial charge in [0.1, 0.15) is 5.75 Å². The maximum atomic E-state index is 10.6. The summed E-state index contributed by atoms with van der Waals surface area (Å²) < 4.78 is 37.7. The van der Waals surface area contributed by atoms with Crippen LogP contribution in [-0.4, -0.2) is 46.9 Å². The van der Waals surface area contributed by atoms with Crippen LogP contribution < -0.4 is 10.1 Å². The van der Waals surface area contributed by atoms with Crippen LogP contribution in [0.5, 0.6) is 5.75 Å². The standard InChI is InChI=1S/C21H23N3O.C2HF3O2/c1-13-10-18-20(12-23-13)25-9-6-16-17-11-15(14-4-7-22-8-5-14)2-3-19(17)24-21(16)18;3-2(4,5)1(6)7/h2-3,10-12,14,22,24H,4-9H2,1H3;(H,6,7). The molecule has 32 heavy (non-hydrogen) atoms. The highest BCUT2D eigenvalue weighted by Crippen LogP contribution is 2.39. The summed E-state index contributed by atoms with van der Waals surface area (Å²) in [6, 6.07) is 9.11. The summed E-state index contributed by atoms with van der Waals surface area (Å²) in [6.07, 6.45) is 0.161. The molecule has 170 valence electrons. The Morgan fingerprint density at radius 3 is 2.62 bits per heavy atom. The van der Waals surface area contributed by atoms with Crippen LogP contribution >= 0.6 is 0 Å². The first-order chi connectivity index (χ1) is 15.2. The quantitative estimate of drug-likeness (QED) is 0.509. The third-order valence-electron chi connectivity index (χ3n) is 5.87. The van der Waals surface area contributed by atoms with E-state index in [9.17, 15) is 13.2 Å². The lowest BCUT2D eigenvalue weighted by Crippen LogP contribution is -2.26. The second-order valence-corrected chi connectivity index (χ2v) is 8.03. The van der Waals surface area contributed by atoms with Gasteiger partial charge in [-0.25, -0.2) is 4.79 Å². The molecule has 1 saturated heterocycles. The molecule has 2 aliphatic heterocycles. The van der Waals surface area contributed by atoms with Crippen molar-refractivity contribution in [3.05, 3.63) is 47.3 Å². The number of H-pyrrole nitrogens is 1. The third-order valence-corrected chi connectivity index (χ3v) is 5.87. The fourth-order valence-electron chi connectivity index (χ4n) is 4.28. The Morgan fingerprint density at radius 2 is 1.94 bits per heavy atom. The number of aryl methyl sites for hydroxylation is 1. The number of halogens is 3. The number of carboxylic acids is 1. The molecule has 3 N–H and O–H groups in total. The van der Waals surface area contributed by atoms with Crippen LogP contribution in [-0.2, 0) is 11.2 Å². The molecule has 0 saturated carbocycles. The zero-order chi connectivity index (χ0) is 22.9. The largest absolute Gasteiger partial charge is 0.491 e. The molecule has 0 bridgehead atoms. The number of alkyl halides is 3. The van der Waals surface area contributed by atoms with Crippen LogP contribution in [0.15, 0.2) is 30.5 Å². The number of aromatic nitrogens is 2. The molecule has 0 spiro atoms. The second-order valence-electron chi connectivity index (χ2n) is 8.03. The van der Waals surface area contributed by atoms with Gasteiger partial charge in [-0.2, -0.15) is 13.2 Å². The predicted octanol–water partition coefficient (Wildman–Crippen LogP) is 4.57. The Labute approximate surface area is 182 Å². The Bertz CT molecular complexity index is 1130. The molecule has 2 aromatic heterocycles. The Hall–Kier alpha value is -3.07. The average molecular weight is 447 g/mol. The summed E-state index contributed by atoms with van der Waals surface area (Å²) in [4.78, 5) is 16.9. The average Bonchev–Trinajstić information content (AvgIpc) is 3.03. The number of aliphatic carboxylic acids is 1. The van der Waals surface area contributed by atoms with E-state index < -0.39 is 12.1 Å². The van der Waals surface area contributed by atoms with Crippen LogP contribution in [0.25, 0.3) is 22.2 Å². The Balaban J connectivity index is 0.000000307. The van der Waals surface area contributed by atoms with Gasteiger partial charge in [0.05, 0.1) is 18.5 Å². The second kappa shape index (κ2) is 8.82. The molecule has 0 amide bonds. The molecule has 3 aromatic rings. The van der Waals surface area contributed by atoms with Crippen molar-refractivity contribution in [1.82, 2.24) is 15.3 Å². The van der Waals surface area contributed by atoms with Crippen molar-refractivity contribution in [3.63, 3.8) is 0 Å². The summed E-state index contributed by atoms with van der Waals surface area (Å²) in [5.74, 6) is -1.20. The molecule has 1 fully saturated rings. The number of piperidine rings is 1. The number of benzene rings is 1. The first-order valence-corrected chi connectivity index (χ1v) is 10.5. The minimum atomic E-state index is -5.08. The minimum absolute atomic E-state index is 0.678. The van der Waals surface area contributed by atoms with E-state index in [2.05, 4.69) is 39.6 Å². The molecular weight excluding hydrogens is 423 g/mol. The van der Waals surface area contributed by atoms with E-state index in [0.717, 1.165) is 36.5 Å². The lowest BCUT2D eigenvalue weighted by molar-refractivity contribution is -0.192. The lowest BCUT2D eigenvalue weighted by Gasteiger charge is -2.23. The number of pyridine rings is 1. The van der Waals surface area contributed by atoms with Crippen LogP contribution in [0.4, 0.5) is 13.2 Å². The first kappa shape index (κ1) is 22.1. The summed E-state index contributed by atoms with van der Waals surface area (Å²) in [5, 5.41) is 11.9. The number of hydrogen-bond acceptors (Lipinski definition) is 4. The number of rotatable bonds is 1. The molecule has 6 nitrogen and oxygen atoms in total. The summed E-state index contributed by atoms with van der Waals surface area (Å²) in [6.45, 7) is 4.99. The molecule has 4 heterocycles. The number of ether oxygens (including phenoxy) is 1. The van der Waals surface area contributed by atoms with Crippen LogP contribution in [0.2, 0.25) is 0 Å². The van der Waals surface area contributed by atoms with Crippen LogP contribution in [0.3, 0.4) is 0 Å². The molecule has 0 aliphatic carbocycles. The smallest absolute Gasteiger partial charge is 0.490 e. The number of nitrogens with one attached hydrogen (secondary N) is 2. The van der Waals surface area contributed by atoms with E-state index in [1.165, 1.54) is 40.6 Å². The summed E-state index contributed by atoms with van der Waals surface area (Å²) >= 11 is 0. The number of carboxylic acid groups (broad SMARTS) is 1. The van der Waals surface area contributed by atoms with Crippen molar-refractivity contribution in [1.29, 1.82) is 0 Å². The van der Waals surface area contributed by atoms with Gasteiger partial charge < -0.3 is 20.1 Å². The summed E-state index contributed by atoms with van der Waals surface area (Å²) in [5.41, 5.74) is 7.45. The summed E-state index contributed by atoms with van der Waals surface area (Å²) in [7, 11) is 0. The molecular formula is C23H24F3N3O3. The molecule has 9 heteroatoms. The zero-order valence-electron chi connectivity index (χ0n) is 17.6. The number of nitrogens with zero attached hydrogens (tertiary/aromatic N) is 1. The van der Waals surface area contributed by atoms with Gasteiger partial charge in [0, 0.05) is 28.6 Å². The number of hydrogen-bond donors (Lipinski definition) is 3.